The van der Waals surface area contributed by atoms with Crippen LogP contribution in [0.4, 0.5) is 5.82 Å². The standard InChI is InChI=1S/C19H18ClN3O/c1-13-8-9-16(10-14(13)2)19(24)21-18-17(20)12-23(22-18)11-15-6-4-3-5-7-15/h3-10,12H,11H2,1-2H3,(H,21,22,24). The zero-order chi connectivity index (χ0) is 17.1. The second kappa shape index (κ2) is 6.89. The van der Waals surface area contributed by atoms with Crippen LogP contribution in [0.25, 0.3) is 0 Å². The summed E-state index contributed by atoms with van der Waals surface area (Å²) >= 11 is 6.20. The molecule has 24 heavy (non-hydrogen) atoms. The third-order valence-electron chi connectivity index (χ3n) is 3.91. The first-order chi connectivity index (χ1) is 11.5. The molecule has 1 aromatic heterocycles. The third kappa shape index (κ3) is 3.66. The van der Waals surface area contributed by atoms with E-state index in [0.29, 0.717) is 22.9 Å². The molecule has 0 radical (unpaired) electrons. The minimum atomic E-state index is -0.218. The first kappa shape index (κ1) is 16.3. The number of nitrogens with one attached hydrogen (secondary N) is 1. The predicted octanol–water partition coefficient (Wildman–Crippen LogP) is 4.45. The van der Waals surface area contributed by atoms with E-state index in [0.717, 1.165) is 16.7 Å². The van der Waals surface area contributed by atoms with Gasteiger partial charge in [0.05, 0.1) is 6.54 Å². The molecule has 122 valence electrons. The van der Waals surface area contributed by atoms with Gasteiger partial charge in [0.25, 0.3) is 5.91 Å². The lowest BCUT2D eigenvalue weighted by Crippen LogP contribution is -2.13. The predicted molar refractivity (Wildman–Crippen MR) is 96.7 cm³/mol. The molecule has 0 aliphatic rings. The number of carbonyl (C=O) groups excluding carboxylic acids is 1. The summed E-state index contributed by atoms with van der Waals surface area (Å²) in [7, 11) is 0. The molecule has 2 aromatic carbocycles. The number of aromatic nitrogens is 2. The van der Waals surface area contributed by atoms with E-state index in [2.05, 4.69) is 10.4 Å². The number of nitrogens with zero attached hydrogens (tertiary/aromatic N) is 2. The highest BCUT2D eigenvalue weighted by Crippen LogP contribution is 2.21. The van der Waals surface area contributed by atoms with Crippen molar-refractivity contribution >= 4 is 23.3 Å². The average Bonchev–Trinajstić information content (AvgIpc) is 2.90. The van der Waals surface area contributed by atoms with E-state index in [1.165, 1.54) is 0 Å². The van der Waals surface area contributed by atoms with Crippen molar-refractivity contribution in [1.82, 2.24) is 9.78 Å². The Hall–Kier alpha value is -2.59. The maximum absolute atomic E-state index is 12.4. The molecule has 4 nitrogen and oxygen atoms in total. The van der Waals surface area contributed by atoms with Gasteiger partial charge in [-0.25, -0.2) is 0 Å². The van der Waals surface area contributed by atoms with Gasteiger partial charge in [0, 0.05) is 11.8 Å². The SMILES string of the molecule is Cc1ccc(C(=O)Nc2nn(Cc3ccccc3)cc2Cl)cc1C. The number of carbonyl (C=O) groups is 1. The fourth-order valence-corrected chi connectivity index (χ4v) is 2.59. The maximum Gasteiger partial charge on any atom is 0.256 e. The van der Waals surface area contributed by atoms with Crippen molar-refractivity contribution in [2.45, 2.75) is 20.4 Å². The molecule has 5 heteroatoms. The number of aryl methyl sites for hydroxylation is 2. The summed E-state index contributed by atoms with van der Waals surface area (Å²) in [6.07, 6.45) is 1.71. The number of halogens is 1. The van der Waals surface area contributed by atoms with Crippen molar-refractivity contribution in [2.75, 3.05) is 5.32 Å². The highest BCUT2D eigenvalue weighted by atomic mass is 35.5. The lowest BCUT2D eigenvalue weighted by molar-refractivity contribution is 0.102. The smallest absolute Gasteiger partial charge is 0.256 e. The lowest BCUT2D eigenvalue weighted by atomic mass is 10.1. The molecule has 1 amide bonds. The molecule has 1 N–H and O–H groups in total. The minimum Gasteiger partial charge on any atom is -0.304 e. The van der Waals surface area contributed by atoms with Crippen molar-refractivity contribution in [3.63, 3.8) is 0 Å². The van der Waals surface area contributed by atoms with Crippen molar-refractivity contribution in [1.29, 1.82) is 0 Å². The van der Waals surface area contributed by atoms with Gasteiger partial charge in [-0.3, -0.25) is 9.48 Å². The molecule has 0 spiro atoms. The summed E-state index contributed by atoms with van der Waals surface area (Å²) in [6.45, 7) is 4.59. The fraction of sp³-hybridized carbons (Fsp3) is 0.158. The summed E-state index contributed by atoms with van der Waals surface area (Å²) in [4.78, 5) is 12.4. The molecule has 1 heterocycles. The van der Waals surface area contributed by atoms with Crippen LogP contribution in [0.1, 0.15) is 27.0 Å². The second-order valence-electron chi connectivity index (χ2n) is 5.76. The zero-order valence-electron chi connectivity index (χ0n) is 13.6. The van der Waals surface area contributed by atoms with Gasteiger partial charge in [-0.1, -0.05) is 48.0 Å². The number of anilines is 1. The quantitative estimate of drug-likeness (QED) is 0.763. The Labute approximate surface area is 146 Å². The molecular weight excluding hydrogens is 322 g/mol. The Balaban J connectivity index is 1.75. The number of hydrogen-bond donors (Lipinski definition) is 1. The van der Waals surface area contributed by atoms with Crippen LogP contribution in [0.5, 0.6) is 0 Å². The summed E-state index contributed by atoms with van der Waals surface area (Å²) in [5.41, 5.74) is 3.93. The first-order valence-electron chi connectivity index (χ1n) is 7.68. The van der Waals surface area contributed by atoms with Crippen LogP contribution in [0.3, 0.4) is 0 Å². The number of benzene rings is 2. The Bertz CT molecular complexity index is 872. The van der Waals surface area contributed by atoms with Gasteiger partial charge in [-0.05, 0) is 42.7 Å². The van der Waals surface area contributed by atoms with E-state index in [1.54, 1.807) is 16.9 Å². The van der Waals surface area contributed by atoms with Crippen molar-refractivity contribution in [3.8, 4) is 0 Å². The van der Waals surface area contributed by atoms with Crippen molar-refractivity contribution < 1.29 is 4.79 Å². The van der Waals surface area contributed by atoms with Crippen LogP contribution in [-0.4, -0.2) is 15.7 Å². The molecular formula is C19H18ClN3O. The number of hydrogen-bond acceptors (Lipinski definition) is 2. The summed E-state index contributed by atoms with van der Waals surface area (Å²) in [5, 5.41) is 7.56. The number of amides is 1. The highest BCUT2D eigenvalue weighted by molar-refractivity contribution is 6.33. The second-order valence-corrected chi connectivity index (χ2v) is 6.17. The largest absolute Gasteiger partial charge is 0.304 e. The average molecular weight is 340 g/mol. The van der Waals surface area contributed by atoms with Crippen LogP contribution in [0, 0.1) is 13.8 Å². The molecule has 0 unspecified atom stereocenters. The first-order valence-corrected chi connectivity index (χ1v) is 8.06. The normalized spacial score (nSPS) is 10.6. The van der Waals surface area contributed by atoms with E-state index in [9.17, 15) is 4.79 Å². The van der Waals surface area contributed by atoms with Crippen LogP contribution in [0.15, 0.2) is 54.7 Å². The van der Waals surface area contributed by atoms with Crippen LogP contribution in [-0.2, 0) is 6.54 Å². The Kier molecular flexibility index (Phi) is 4.67. The highest BCUT2D eigenvalue weighted by Gasteiger charge is 2.13. The molecule has 0 saturated carbocycles. The van der Waals surface area contributed by atoms with Gasteiger partial charge in [0.2, 0.25) is 0 Å². The van der Waals surface area contributed by atoms with Crippen LogP contribution >= 0.6 is 11.6 Å². The topological polar surface area (TPSA) is 46.9 Å². The molecule has 0 saturated heterocycles. The molecule has 0 aliphatic carbocycles. The Morgan fingerprint density at radius 2 is 1.88 bits per heavy atom. The summed E-state index contributed by atoms with van der Waals surface area (Å²) < 4.78 is 1.72. The molecule has 3 aromatic rings. The molecule has 3 rings (SSSR count). The van der Waals surface area contributed by atoms with Crippen molar-refractivity contribution in [3.05, 3.63) is 82.0 Å². The minimum absolute atomic E-state index is 0.218. The Morgan fingerprint density at radius 3 is 2.58 bits per heavy atom. The van der Waals surface area contributed by atoms with E-state index in [1.807, 2.05) is 56.3 Å². The van der Waals surface area contributed by atoms with Gasteiger partial charge < -0.3 is 5.32 Å². The van der Waals surface area contributed by atoms with Gasteiger partial charge in [0.15, 0.2) is 5.82 Å². The summed E-state index contributed by atoms with van der Waals surface area (Å²) in [5.74, 6) is 0.154. The maximum atomic E-state index is 12.4. The van der Waals surface area contributed by atoms with E-state index < -0.39 is 0 Å². The van der Waals surface area contributed by atoms with E-state index in [-0.39, 0.29) is 5.91 Å². The molecule has 0 atom stereocenters. The van der Waals surface area contributed by atoms with Gasteiger partial charge in [-0.15, -0.1) is 0 Å². The molecule has 0 aliphatic heterocycles. The molecule has 0 bridgehead atoms. The zero-order valence-corrected chi connectivity index (χ0v) is 14.3. The van der Waals surface area contributed by atoms with Gasteiger partial charge in [-0.2, -0.15) is 5.10 Å². The van der Waals surface area contributed by atoms with Crippen LogP contribution in [0.2, 0.25) is 5.02 Å². The van der Waals surface area contributed by atoms with Crippen LogP contribution < -0.4 is 5.32 Å². The van der Waals surface area contributed by atoms with Gasteiger partial charge >= 0.3 is 0 Å². The van der Waals surface area contributed by atoms with E-state index in [4.69, 9.17) is 11.6 Å². The van der Waals surface area contributed by atoms with E-state index >= 15 is 0 Å². The third-order valence-corrected chi connectivity index (χ3v) is 4.18. The molecule has 0 fully saturated rings. The van der Waals surface area contributed by atoms with Gasteiger partial charge in [0.1, 0.15) is 5.02 Å². The summed E-state index contributed by atoms with van der Waals surface area (Å²) in [6, 6.07) is 15.5. The lowest BCUT2D eigenvalue weighted by Gasteiger charge is -2.06. The number of rotatable bonds is 4. The monoisotopic (exact) mass is 339 g/mol. The van der Waals surface area contributed by atoms with Crippen molar-refractivity contribution in [2.24, 2.45) is 0 Å². The fourth-order valence-electron chi connectivity index (χ4n) is 2.40. The Morgan fingerprint density at radius 1 is 1.12 bits per heavy atom.